The molecule has 0 N–H and O–H groups in total. The van der Waals surface area contributed by atoms with Gasteiger partial charge in [0.1, 0.15) is 17.2 Å². The fraction of sp³-hybridized carbons (Fsp3) is 0.172. The lowest BCUT2D eigenvalue weighted by Crippen LogP contribution is -2.12. The first kappa shape index (κ1) is 27.7. The molecule has 38 heavy (non-hydrogen) atoms. The molecule has 0 atom stereocenters. The second-order valence-corrected chi connectivity index (χ2v) is 8.03. The lowest BCUT2D eigenvalue weighted by atomic mass is 10.1. The van der Waals surface area contributed by atoms with Gasteiger partial charge in [-0.3, -0.25) is 0 Å². The first-order valence-electron chi connectivity index (χ1n) is 11.6. The second kappa shape index (κ2) is 13.4. The molecule has 0 amide bonds. The molecular weight excluding hydrogens is 492 g/mol. The Morgan fingerprint density at radius 1 is 0.737 bits per heavy atom. The maximum absolute atomic E-state index is 12.6. The number of fused-ring (bicyclic) bond motifs is 1. The van der Waals surface area contributed by atoms with Gasteiger partial charge in [0.25, 0.3) is 0 Å². The number of esters is 3. The SMILES string of the molecule is C=CC(=O)OCCCCOC(=O)Oc1ccc2cc(C(=O)Oc3ccc(OC(=O)C(=C)C)cc3)ccc2c1. The quantitative estimate of drug-likeness (QED) is 0.106. The van der Waals surface area contributed by atoms with Gasteiger partial charge in [-0.15, -0.1) is 0 Å². The van der Waals surface area contributed by atoms with Gasteiger partial charge in [-0.05, 0) is 79.1 Å². The molecular formula is C29H26O9. The molecule has 3 rings (SSSR count). The number of hydrogen-bond donors (Lipinski definition) is 0. The largest absolute Gasteiger partial charge is 0.513 e. The minimum Gasteiger partial charge on any atom is -0.463 e. The summed E-state index contributed by atoms with van der Waals surface area (Å²) in [5, 5.41) is 1.47. The van der Waals surface area contributed by atoms with Crippen LogP contribution >= 0.6 is 0 Å². The van der Waals surface area contributed by atoms with E-state index >= 15 is 0 Å². The van der Waals surface area contributed by atoms with E-state index in [1.807, 2.05) is 0 Å². The standard InChI is InChI=1S/C29H26O9/c1-4-26(30)34-15-5-6-16-35-29(33)38-25-10-9-20-17-22(8-7-21(20)18-25)28(32)37-24-13-11-23(12-14-24)36-27(31)19(2)3/h4,7-14,17-18H,1-2,5-6,15-16H2,3H3. The summed E-state index contributed by atoms with van der Waals surface area (Å²) in [6, 6.07) is 15.9. The Bertz CT molecular complexity index is 1360. The number of carbonyl (C=O) groups is 4. The number of unbranched alkanes of at least 4 members (excludes halogenated alkanes) is 1. The highest BCUT2D eigenvalue weighted by Gasteiger charge is 2.12. The van der Waals surface area contributed by atoms with Gasteiger partial charge < -0.3 is 23.7 Å². The summed E-state index contributed by atoms with van der Waals surface area (Å²) in [5.41, 5.74) is 0.593. The zero-order chi connectivity index (χ0) is 27.5. The average Bonchev–Trinajstić information content (AvgIpc) is 2.91. The minimum atomic E-state index is -0.854. The molecule has 0 saturated carbocycles. The highest BCUT2D eigenvalue weighted by Crippen LogP contribution is 2.24. The van der Waals surface area contributed by atoms with Crippen molar-refractivity contribution in [3.8, 4) is 17.2 Å². The maximum Gasteiger partial charge on any atom is 0.513 e. The molecule has 9 nitrogen and oxygen atoms in total. The molecule has 0 aliphatic heterocycles. The first-order chi connectivity index (χ1) is 18.2. The van der Waals surface area contributed by atoms with E-state index in [0.717, 1.165) is 16.8 Å². The summed E-state index contributed by atoms with van der Waals surface area (Å²) >= 11 is 0. The van der Waals surface area contributed by atoms with Gasteiger partial charge in [0.15, 0.2) is 0 Å². The van der Waals surface area contributed by atoms with Gasteiger partial charge in [0, 0.05) is 11.6 Å². The fourth-order valence-electron chi connectivity index (χ4n) is 3.07. The number of hydrogen-bond acceptors (Lipinski definition) is 9. The number of benzene rings is 3. The second-order valence-electron chi connectivity index (χ2n) is 8.03. The summed E-state index contributed by atoms with van der Waals surface area (Å²) < 4.78 is 25.6. The van der Waals surface area contributed by atoms with Crippen LogP contribution in [0.5, 0.6) is 17.2 Å². The van der Waals surface area contributed by atoms with Crippen molar-refractivity contribution in [1.29, 1.82) is 0 Å². The fourth-order valence-corrected chi connectivity index (χ4v) is 3.07. The van der Waals surface area contributed by atoms with Crippen molar-refractivity contribution >= 4 is 34.8 Å². The zero-order valence-electron chi connectivity index (χ0n) is 20.8. The first-order valence-corrected chi connectivity index (χ1v) is 11.6. The molecule has 0 aliphatic rings. The molecule has 0 saturated heterocycles. The van der Waals surface area contributed by atoms with E-state index in [-0.39, 0.29) is 30.3 Å². The van der Waals surface area contributed by atoms with Crippen molar-refractivity contribution < 1.29 is 42.9 Å². The Balaban J connectivity index is 1.51. The average molecular weight is 519 g/mol. The van der Waals surface area contributed by atoms with Crippen molar-refractivity contribution in [2.75, 3.05) is 13.2 Å². The van der Waals surface area contributed by atoms with Crippen LogP contribution in [0.1, 0.15) is 30.1 Å². The topological polar surface area (TPSA) is 114 Å². The Hall–Kier alpha value is -4.92. The van der Waals surface area contributed by atoms with E-state index in [4.69, 9.17) is 23.7 Å². The Morgan fingerprint density at radius 3 is 1.97 bits per heavy atom. The predicted molar refractivity (Wildman–Crippen MR) is 138 cm³/mol. The van der Waals surface area contributed by atoms with E-state index in [1.54, 1.807) is 43.3 Å². The minimum absolute atomic E-state index is 0.117. The lowest BCUT2D eigenvalue weighted by molar-refractivity contribution is -0.138. The highest BCUT2D eigenvalue weighted by atomic mass is 16.7. The van der Waals surface area contributed by atoms with Crippen LogP contribution in [0, 0.1) is 0 Å². The summed E-state index contributed by atoms with van der Waals surface area (Å²) in [6.45, 7) is 8.70. The van der Waals surface area contributed by atoms with Gasteiger partial charge in [-0.25, -0.2) is 19.2 Å². The van der Waals surface area contributed by atoms with E-state index in [1.165, 1.54) is 24.3 Å². The molecule has 0 radical (unpaired) electrons. The highest BCUT2D eigenvalue weighted by molar-refractivity contribution is 5.97. The van der Waals surface area contributed by atoms with Crippen molar-refractivity contribution in [2.24, 2.45) is 0 Å². The zero-order valence-corrected chi connectivity index (χ0v) is 20.8. The van der Waals surface area contributed by atoms with Crippen LogP contribution in [-0.4, -0.2) is 37.3 Å². The molecule has 0 unspecified atom stereocenters. The number of ether oxygens (including phenoxy) is 5. The van der Waals surface area contributed by atoms with Crippen LogP contribution in [0.15, 0.2) is 85.5 Å². The molecule has 0 aliphatic carbocycles. The van der Waals surface area contributed by atoms with E-state index in [0.29, 0.717) is 24.2 Å². The summed E-state index contributed by atoms with van der Waals surface area (Å²) in [5.74, 6) is -0.744. The van der Waals surface area contributed by atoms with E-state index < -0.39 is 24.1 Å². The van der Waals surface area contributed by atoms with Crippen LogP contribution < -0.4 is 14.2 Å². The van der Waals surface area contributed by atoms with Crippen LogP contribution in [0.25, 0.3) is 10.8 Å². The van der Waals surface area contributed by atoms with Crippen molar-refractivity contribution in [3.63, 3.8) is 0 Å². The van der Waals surface area contributed by atoms with E-state index in [9.17, 15) is 19.2 Å². The van der Waals surface area contributed by atoms with Crippen LogP contribution in [-0.2, 0) is 19.1 Å². The van der Waals surface area contributed by atoms with Crippen molar-refractivity contribution in [3.05, 3.63) is 91.0 Å². The normalized spacial score (nSPS) is 10.2. The molecule has 0 aromatic heterocycles. The van der Waals surface area contributed by atoms with Crippen molar-refractivity contribution in [1.82, 2.24) is 0 Å². The molecule has 3 aromatic carbocycles. The molecule has 0 fully saturated rings. The maximum atomic E-state index is 12.6. The van der Waals surface area contributed by atoms with Gasteiger partial charge in [-0.2, -0.15) is 0 Å². The molecule has 0 bridgehead atoms. The third-order valence-corrected chi connectivity index (χ3v) is 5.01. The molecule has 9 heteroatoms. The van der Waals surface area contributed by atoms with Gasteiger partial charge in [0.2, 0.25) is 0 Å². The predicted octanol–water partition coefficient (Wildman–Crippen LogP) is 5.57. The Kier molecular flexibility index (Phi) is 9.76. The summed E-state index contributed by atoms with van der Waals surface area (Å²) in [7, 11) is 0. The molecule has 0 spiro atoms. The third-order valence-electron chi connectivity index (χ3n) is 5.01. The number of carbonyl (C=O) groups excluding carboxylic acids is 4. The monoisotopic (exact) mass is 518 g/mol. The molecule has 0 heterocycles. The van der Waals surface area contributed by atoms with Crippen LogP contribution in [0.3, 0.4) is 0 Å². The van der Waals surface area contributed by atoms with Gasteiger partial charge in [-0.1, -0.05) is 25.3 Å². The molecule has 196 valence electrons. The lowest BCUT2D eigenvalue weighted by Gasteiger charge is -2.09. The van der Waals surface area contributed by atoms with Gasteiger partial charge >= 0.3 is 24.1 Å². The van der Waals surface area contributed by atoms with Crippen LogP contribution in [0.4, 0.5) is 4.79 Å². The molecule has 3 aromatic rings. The van der Waals surface area contributed by atoms with E-state index in [2.05, 4.69) is 13.2 Å². The Labute approximate surface area is 219 Å². The van der Waals surface area contributed by atoms with Crippen molar-refractivity contribution in [2.45, 2.75) is 19.8 Å². The summed E-state index contributed by atoms with van der Waals surface area (Å²) in [4.78, 5) is 47.1. The van der Waals surface area contributed by atoms with Gasteiger partial charge in [0.05, 0.1) is 18.8 Å². The number of rotatable bonds is 11. The summed E-state index contributed by atoms with van der Waals surface area (Å²) in [6.07, 6.45) is 1.26. The Morgan fingerprint density at radius 2 is 1.32 bits per heavy atom. The van der Waals surface area contributed by atoms with Crippen LogP contribution in [0.2, 0.25) is 0 Å². The smallest absolute Gasteiger partial charge is 0.463 e. The third kappa shape index (κ3) is 8.34.